The van der Waals surface area contributed by atoms with Gasteiger partial charge in [0.2, 0.25) is 0 Å². The number of carbonyl (C=O) groups excluding carboxylic acids is 4. The predicted molar refractivity (Wildman–Crippen MR) is 104 cm³/mol. The van der Waals surface area contributed by atoms with Crippen LogP contribution in [0, 0.1) is 34.5 Å². The summed E-state index contributed by atoms with van der Waals surface area (Å²) in [6, 6.07) is 0. The van der Waals surface area contributed by atoms with Gasteiger partial charge in [-0.15, -0.1) is 0 Å². The van der Waals surface area contributed by atoms with Crippen molar-refractivity contribution < 1.29 is 28.7 Å². The Labute approximate surface area is 171 Å². The number of ketones is 2. The molecule has 158 valence electrons. The third kappa shape index (κ3) is 2.98. The Hall–Kier alpha value is -1.98. The Morgan fingerprint density at radius 1 is 1.10 bits per heavy atom. The first-order valence-corrected chi connectivity index (χ1v) is 10.7. The third-order valence-electron chi connectivity index (χ3n) is 8.37. The average molecular weight is 402 g/mol. The number of allylic oxidation sites excluding steroid dienone is 2. The highest BCUT2D eigenvalue weighted by Crippen LogP contribution is 2.64. The molecule has 6 nitrogen and oxygen atoms in total. The zero-order valence-corrected chi connectivity index (χ0v) is 17.4. The highest BCUT2D eigenvalue weighted by Gasteiger charge is 2.66. The lowest BCUT2D eigenvalue weighted by Crippen LogP contribution is -2.63. The quantitative estimate of drug-likeness (QED) is 0.675. The highest BCUT2D eigenvalue weighted by atomic mass is 16.5. The topological polar surface area (TPSA) is 86.7 Å². The maximum atomic E-state index is 13.4. The molecule has 0 aromatic heterocycles. The second-order valence-electron chi connectivity index (χ2n) is 9.61. The molecule has 0 aromatic carbocycles. The number of hydrogen-bond acceptors (Lipinski definition) is 6. The van der Waals surface area contributed by atoms with Gasteiger partial charge in [-0.3, -0.25) is 19.2 Å². The minimum absolute atomic E-state index is 0.0203. The van der Waals surface area contributed by atoms with Gasteiger partial charge in [0.1, 0.15) is 18.5 Å². The molecule has 3 fully saturated rings. The van der Waals surface area contributed by atoms with Crippen molar-refractivity contribution in [1.82, 2.24) is 0 Å². The van der Waals surface area contributed by atoms with Crippen molar-refractivity contribution in [3.63, 3.8) is 0 Å². The van der Waals surface area contributed by atoms with E-state index in [1.54, 1.807) is 6.08 Å². The molecule has 3 saturated carbocycles. The largest absolute Gasteiger partial charge is 0.465 e. The van der Waals surface area contributed by atoms with Gasteiger partial charge in [-0.25, -0.2) is 0 Å². The number of fused-ring (bicyclic) bond motifs is 5. The zero-order valence-electron chi connectivity index (χ0n) is 17.4. The van der Waals surface area contributed by atoms with E-state index in [-0.39, 0.29) is 47.4 Å². The lowest BCUT2D eigenvalue weighted by atomic mass is 9.44. The summed E-state index contributed by atoms with van der Waals surface area (Å²) >= 11 is 0. The molecule has 6 heteroatoms. The van der Waals surface area contributed by atoms with Gasteiger partial charge in [0.05, 0.1) is 5.41 Å². The Kier molecular flexibility index (Phi) is 4.94. The second-order valence-corrected chi connectivity index (χ2v) is 9.61. The van der Waals surface area contributed by atoms with Crippen LogP contribution in [0.15, 0.2) is 12.2 Å². The molecule has 4 aliphatic rings. The van der Waals surface area contributed by atoms with Crippen molar-refractivity contribution in [1.29, 1.82) is 0 Å². The van der Waals surface area contributed by atoms with E-state index < -0.39 is 17.5 Å². The lowest BCUT2D eigenvalue weighted by Gasteiger charge is -2.59. The van der Waals surface area contributed by atoms with E-state index in [2.05, 4.69) is 6.92 Å². The molecular weight excluding hydrogens is 372 g/mol. The van der Waals surface area contributed by atoms with Gasteiger partial charge in [-0.05, 0) is 55.9 Å². The molecule has 0 saturated heterocycles. The fourth-order valence-corrected chi connectivity index (χ4v) is 7.12. The number of rotatable bonds is 3. The smallest absolute Gasteiger partial charge is 0.302 e. The number of hydrogen-bond donors (Lipinski definition) is 0. The first-order chi connectivity index (χ1) is 13.7. The molecular formula is C23H30O6. The Bertz CT molecular complexity index is 784. The van der Waals surface area contributed by atoms with Crippen LogP contribution in [0.25, 0.3) is 0 Å². The molecule has 0 aliphatic heterocycles. The van der Waals surface area contributed by atoms with Gasteiger partial charge in [0.25, 0.3) is 0 Å². The molecule has 0 aromatic rings. The van der Waals surface area contributed by atoms with Gasteiger partial charge in [0.15, 0.2) is 5.78 Å². The fourth-order valence-electron chi connectivity index (χ4n) is 7.12. The summed E-state index contributed by atoms with van der Waals surface area (Å²) in [6.45, 7) is 4.83. The van der Waals surface area contributed by atoms with Crippen LogP contribution in [0.1, 0.15) is 59.3 Å². The van der Waals surface area contributed by atoms with Crippen LogP contribution >= 0.6 is 0 Å². The first kappa shape index (κ1) is 20.3. The lowest BCUT2D eigenvalue weighted by molar-refractivity contribution is -0.195. The van der Waals surface area contributed by atoms with Crippen LogP contribution in [0.4, 0.5) is 0 Å². The van der Waals surface area contributed by atoms with Crippen LogP contribution in [0.2, 0.25) is 0 Å². The van der Waals surface area contributed by atoms with Crippen LogP contribution < -0.4 is 0 Å². The molecule has 0 unspecified atom stereocenters. The van der Waals surface area contributed by atoms with Gasteiger partial charge in [-0.1, -0.05) is 13.0 Å². The normalized spacial score (nSPS) is 43.2. The standard InChI is InChI=1S/C23H30O6/c1-13(24)28-12-23-17-9-10-22(3)16(7-8-20(22)26)15(17)11-19(29-14(2)25)18(23)5-4-6-21(23)27/h4,6,15-19H,5,7-12H2,1-3H3/t15-,16+,17+,18-,19+,22+,23-/m1/s1. The van der Waals surface area contributed by atoms with E-state index in [0.29, 0.717) is 25.0 Å². The van der Waals surface area contributed by atoms with E-state index >= 15 is 0 Å². The van der Waals surface area contributed by atoms with Crippen molar-refractivity contribution in [3.8, 4) is 0 Å². The van der Waals surface area contributed by atoms with E-state index in [9.17, 15) is 19.2 Å². The Balaban J connectivity index is 1.80. The van der Waals surface area contributed by atoms with E-state index in [1.165, 1.54) is 13.8 Å². The molecule has 4 rings (SSSR count). The van der Waals surface area contributed by atoms with Crippen molar-refractivity contribution in [2.24, 2.45) is 34.5 Å². The molecule has 0 radical (unpaired) electrons. The summed E-state index contributed by atoms with van der Waals surface area (Å²) < 4.78 is 11.2. The predicted octanol–water partition coefficient (Wildman–Crippen LogP) is 3.03. The first-order valence-electron chi connectivity index (χ1n) is 10.7. The molecule has 0 N–H and O–H groups in total. The molecule has 0 bridgehead atoms. The van der Waals surface area contributed by atoms with Gasteiger partial charge < -0.3 is 9.47 Å². The van der Waals surface area contributed by atoms with Crippen molar-refractivity contribution >= 4 is 23.5 Å². The zero-order chi connectivity index (χ0) is 21.0. The SMILES string of the molecule is CC(=O)OC[C@]12C(=O)C=CC[C@@H]1[C@@H](OC(C)=O)C[C@H]1[C@@H]2CC[C@]2(C)C(=O)CC[C@@H]12. The van der Waals surface area contributed by atoms with Gasteiger partial charge in [0, 0.05) is 31.6 Å². The molecule has 0 heterocycles. The average Bonchev–Trinajstić information content (AvgIpc) is 2.95. The Morgan fingerprint density at radius 2 is 1.86 bits per heavy atom. The molecule has 29 heavy (non-hydrogen) atoms. The molecule has 0 spiro atoms. The number of carbonyl (C=O) groups is 4. The van der Waals surface area contributed by atoms with Crippen molar-refractivity contribution in [3.05, 3.63) is 12.2 Å². The minimum atomic E-state index is -0.879. The summed E-state index contributed by atoms with van der Waals surface area (Å²) in [5.41, 5.74) is -1.23. The fraction of sp³-hybridized carbons (Fsp3) is 0.739. The third-order valence-corrected chi connectivity index (χ3v) is 8.37. The van der Waals surface area contributed by atoms with Crippen molar-refractivity contribution in [2.75, 3.05) is 6.61 Å². The van der Waals surface area contributed by atoms with E-state index in [1.807, 2.05) is 6.08 Å². The minimum Gasteiger partial charge on any atom is -0.465 e. The maximum Gasteiger partial charge on any atom is 0.302 e. The molecule has 0 amide bonds. The summed E-state index contributed by atoms with van der Waals surface area (Å²) in [7, 11) is 0. The highest BCUT2D eigenvalue weighted by molar-refractivity contribution is 5.97. The van der Waals surface area contributed by atoms with Gasteiger partial charge in [-0.2, -0.15) is 0 Å². The number of ether oxygens (including phenoxy) is 2. The summed E-state index contributed by atoms with van der Waals surface area (Å²) in [6.07, 6.45) is 7.27. The monoisotopic (exact) mass is 402 g/mol. The number of Topliss-reactive ketones (excluding diaryl/α,β-unsaturated/α-hetero) is 1. The van der Waals surface area contributed by atoms with Crippen molar-refractivity contribution in [2.45, 2.75) is 65.4 Å². The maximum absolute atomic E-state index is 13.4. The second kappa shape index (κ2) is 7.06. The van der Waals surface area contributed by atoms with Crippen LogP contribution in [0.5, 0.6) is 0 Å². The number of esters is 2. The van der Waals surface area contributed by atoms with Crippen LogP contribution in [0.3, 0.4) is 0 Å². The Morgan fingerprint density at radius 3 is 2.55 bits per heavy atom. The summed E-state index contributed by atoms with van der Waals surface area (Å²) in [5.74, 6) is -0.384. The summed E-state index contributed by atoms with van der Waals surface area (Å²) in [5, 5.41) is 0. The molecule has 7 atom stereocenters. The van der Waals surface area contributed by atoms with Crippen LogP contribution in [-0.2, 0) is 28.7 Å². The van der Waals surface area contributed by atoms with E-state index in [4.69, 9.17) is 9.47 Å². The summed E-state index contributed by atoms with van der Waals surface area (Å²) in [4.78, 5) is 49.6. The molecule has 4 aliphatic carbocycles. The van der Waals surface area contributed by atoms with Crippen LogP contribution in [-0.4, -0.2) is 36.2 Å². The van der Waals surface area contributed by atoms with E-state index in [0.717, 1.165) is 19.3 Å². The van der Waals surface area contributed by atoms with Gasteiger partial charge >= 0.3 is 11.9 Å².